The number of aromatic nitrogens is 3. The average molecular weight is 265 g/mol. The van der Waals surface area contributed by atoms with Gasteiger partial charge in [0.05, 0.1) is 12.0 Å². The van der Waals surface area contributed by atoms with Gasteiger partial charge < -0.3 is 0 Å². The normalized spacial score (nSPS) is 11.0. The van der Waals surface area contributed by atoms with Gasteiger partial charge in [0.2, 0.25) is 0 Å². The molecule has 1 aromatic carbocycles. The maximum absolute atomic E-state index is 13.5. The maximum Gasteiger partial charge on any atom is 0.173 e. The van der Waals surface area contributed by atoms with Crippen LogP contribution in [0.3, 0.4) is 0 Å². The molecule has 0 aliphatic rings. The van der Waals surface area contributed by atoms with Crippen LogP contribution in [-0.2, 0) is 6.42 Å². The molecular formula is C13H13F2N3O. The Bertz CT molecular complexity index is 608. The quantitative estimate of drug-likeness (QED) is 0.798. The van der Waals surface area contributed by atoms with Crippen LogP contribution in [0.1, 0.15) is 36.1 Å². The van der Waals surface area contributed by atoms with Gasteiger partial charge in [-0.2, -0.15) is 5.10 Å². The third-order valence-electron chi connectivity index (χ3n) is 2.69. The Morgan fingerprint density at radius 3 is 2.74 bits per heavy atom. The summed E-state index contributed by atoms with van der Waals surface area (Å²) in [5.74, 6) is -1.56. The first-order chi connectivity index (χ1) is 8.99. The SMILES string of the molecule is CC(C)n1ncnc1CC(=O)c1ccc(F)cc1F. The van der Waals surface area contributed by atoms with Crippen LogP contribution in [0.15, 0.2) is 24.5 Å². The van der Waals surface area contributed by atoms with Gasteiger partial charge in [0, 0.05) is 12.1 Å². The number of benzene rings is 1. The predicted octanol–water partition coefficient (Wildman–Crippen LogP) is 2.56. The molecule has 0 amide bonds. The first-order valence-electron chi connectivity index (χ1n) is 5.85. The van der Waals surface area contributed by atoms with Crippen LogP contribution in [0, 0.1) is 11.6 Å². The number of nitrogens with zero attached hydrogens (tertiary/aromatic N) is 3. The molecule has 2 aromatic rings. The Hall–Kier alpha value is -2.11. The minimum atomic E-state index is -0.861. The van der Waals surface area contributed by atoms with Crippen molar-refractivity contribution in [1.29, 1.82) is 0 Å². The highest BCUT2D eigenvalue weighted by Crippen LogP contribution is 2.13. The second kappa shape index (κ2) is 5.26. The highest BCUT2D eigenvalue weighted by atomic mass is 19.1. The second-order valence-electron chi connectivity index (χ2n) is 4.44. The molecule has 6 heteroatoms. The van der Waals surface area contributed by atoms with Crippen molar-refractivity contribution >= 4 is 5.78 Å². The highest BCUT2D eigenvalue weighted by Gasteiger charge is 2.17. The number of rotatable bonds is 4. The number of Topliss-reactive ketones (excluding diaryl/α,β-unsaturated/α-hetero) is 1. The summed E-state index contributed by atoms with van der Waals surface area (Å²) >= 11 is 0. The molecule has 0 radical (unpaired) electrons. The molecule has 0 fully saturated rings. The van der Waals surface area contributed by atoms with Crippen molar-refractivity contribution in [1.82, 2.24) is 14.8 Å². The maximum atomic E-state index is 13.5. The summed E-state index contributed by atoms with van der Waals surface area (Å²) < 4.78 is 27.9. The second-order valence-corrected chi connectivity index (χ2v) is 4.44. The van der Waals surface area contributed by atoms with E-state index < -0.39 is 17.4 Å². The van der Waals surface area contributed by atoms with E-state index in [0.29, 0.717) is 11.9 Å². The fourth-order valence-electron chi connectivity index (χ4n) is 1.79. The molecular weight excluding hydrogens is 252 g/mol. The number of hydrogen-bond donors (Lipinski definition) is 0. The van der Waals surface area contributed by atoms with E-state index in [4.69, 9.17) is 0 Å². The summed E-state index contributed by atoms with van der Waals surface area (Å²) in [5.41, 5.74) is -0.139. The summed E-state index contributed by atoms with van der Waals surface area (Å²) in [6, 6.07) is 2.95. The van der Waals surface area contributed by atoms with Crippen molar-refractivity contribution in [2.24, 2.45) is 0 Å². The molecule has 0 saturated carbocycles. The predicted molar refractivity (Wildman–Crippen MR) is 64.8 cm³/mol. The van der Waals surface area contributed by atoms with Gasteiger partial charge in [-0.1, -0.05) is 0 Å². The van der Waals surface area contributed by atoms with Crippen molar-refractivity contribution in [3.8, 4) is 0 Å². The van der Waals surface area contributed by atoms with E-state index in [-0.39, 0.29) is 18.0 Å². The molecule has 1 heterocycles. The lowest BCUT2D eigenvalue weighted by Crippen LogP contribution is -2.14. The van der Waals surface area contributed by atoms with Crippen LogP contribution in [-0.4, -0.2) is 20.5 Å². The number of carbonyl (C=O) groups is 1. The molecule has 19 heavy (non-hydrogen) atoms. The molecule has 0 spiro atoms. The van der Waals surface area contributed by atoms with Crippen LogP contribution >= 0.6 is 0 Å². The van der Waals surface area contributed by atoms with Crippen LogP contribution in [0.25, 0.3) is 0 Å². The van der Waals surface area contributed by atoms with Gasteiger partial charge in [-0.25, -0.2) is 18.4 Å². The number of carbonyl (C=O) groups excluding carboxylic acids is 1. The van der Waals surface area contributed by atoms with E-state index in [9.17, 15) is 13.6 Å². The van der Waals surface area contributed by atoms with Crippen LogP contribution < -0.4 is 0 Å². The van der Waals surface area contributed by atoms with Crippen LogP contribution in [0.2, 0.25) is 0 Å². The van der Waals surface area contributed by atoms with E-state index in [1.54, 1.807) is 4.68 Å². The zero-order valence-corrected chi connectivity index (χ0v) is 10.6. The standard InChI is InChI=1S/C13H13F2N3O/c1-8(2)18-13(16-7-17-18)6-12(19)10-4-3-9(14)5-11(10)15/h3-5,7-8H,6H2,1-2H3. The fraction of sp³-hybridized carbons (Fsp3) is 0.308. The zero-order valence-electron chi connectivity index (χ0n) is 10.6. The fourth-order valence-corrected chi connectivity index (χ4v) is 1.79. The lowest BCUT2D eigenvalue weighted by Gasteiger charge is -2.09. The summed E-state index contributed by atoms with van der Waals surface area (Å²) in [7, 11) is 0. The molecule has 0 saturated heterocycles. The Morgan fingerprint density at radius 2 is 2.11 bits per heavy atom. The molecule has 0 aliphatic heterocycles. The molecule has 0 bridgehead atoms. The lowest BCUT2D eigenvalue weighted by atomic mass is 10.1. The van der Waals surface area contributed by atoms with E-state index in [2.05, 4.69) is 10.1 Å². The molecule has 0 unspecified atom stereocenters. The molecule has 0 N–H and O–H groups in total. The number of halogens is 2. The van der Waals surface area contributed by atoms with E-state index in [1.165, 1.54) is 6.33 Å². The van der Waals surface area contributed by atoms with Gasteiger partial charge in [-0.15, -0.1) is 0 Å². The molecule has 0 atom stereocenters. The molecule has 2 rings (SSSR count). The van der Waals surface area contributed by atoms with Gasteiger partial charge in [-0.3, -0.25) is 4.79 Å². The number of ketones is 1. The molecule has 0 aliphatic carbocycles. The first-order valence-corrected chi connectivity index (χ1v) is 5.85. The van der Waals surface area contributed by atoms with Crippen molar-refractivity contribution in [3.05, 3.63) is 47.5 Å². The van der Waals surface area contributed by atoms with Crippen molar-refractivity contribution in [2.45, 2.75) is 26.3 Å². The van der Waals surface area contributed by atoms with E-state index in [1.807, 2.05) is 13.8 Å². The third-order valence-corrected chi connectivity index (χ3v) is 2.69. The zero-order chi connectivity index (χ0) is 14.0. The minimum Gasteiger partial charge on any atom is -0.294 e. The Labute approximate surface area is 109 Å². The van der Waals surface area contributed by atoms with Gasteiger partial charge in [-0.05, 0) is 26.0 Å². The van der Waals surface area contributed by atoms with Gasteiger partial charge in [0.15, 0.2) is 5.78 Å². The number of hydrogen-bond acceptors (Lipinski definition) is 3. The largest absolute Gasteiger partial charge is 0.294 e. The summed E-state index contributed by atoms with van der Waals surface area (Å²) in [6.07, 6.45) is 1.28. The Morgan fingerprint density at radius 1 is 1.37 bits per heavy atom. The molecule has 1 aromatic heterocycles. The molecule has 100 valence electrons. The van der Waals surface area contributed by atoms with Crippen molar-refractivity contribution in [2.75, 3.05) is 0 Å². The van der Waals surface area contributed by atoms with Crippen molar-refractivity contribution < 1.29 is 13.6 Å². The van der Waals surface area contributed by atoms with Crippen LogP contribution in [0.4, 0.5) is 8.78 Å². The third kappa shape index (κ3) is 2.83. The topological polar surface area (TPSA) is 47.8 Å². The first kappa shape index (κ1) is 13.3. The van der Waals surface area contributed by atoms with Gasteiger partial charge >= 0.3 is 0 Å². The summed E-state index contributed by atoms with van der Waals surface area (Å²) in [5, 5.41) is 4.00. The Kier molecular flexibility index (Phi) is 3.69. The molecule has 4 nitrogen and oxygen atoms in total. The van der Waals surface area contributed by atoms with Gasteiger partial charge in [0.1, 0.15) is 23.8 Å². The summed E-state index contributed by atoms with van der Waals surface area (Å²) in [4.78, 5) is 16.0. The van der Waals surface area contributed by atoms with E-state index in [0.717, 1.165) is 12.1 Å². The highest BCUT2D eigenvalue weighted by molar-refractivity contribution is 5.97. The van der Waals surface area contributed by atoms with Gasteiger partial charge in [0.25, 0.3) is 0 Å². The Balaban J connectivity index is 2.23. The monoisotopic (exact) mass is 265 g/mol. The van der Waals surface area contributed by atoms with E-state index >= 15 is 0 Å². The average Bonchev–Trinajstić information content (AvgIpc) is 2.76. The lowest BCUT2D eigenvalue weighted by molar-refractivity contribution is 0.0985. The minimum absolute atomic E-state index is 0.0587. The van der Waals surface area contributed by atoms with Crippen LogP contribution in [0.5, 0.6) is 0 Å². The smallest absolute Gasteiger partial charge is 0.173 e. The van der Waals surface area contributed by atoms with Crippen molar-refractivity contribution in [3.63, 3.8) is 0 Å². The summed E-state index contributed by atoms with van der Waals surface area (Å²) in [6.45, 7) is 3.81.